The highest BCUT2D eigenvalue weighted by atomic mass is 32.2. The highest BCUT2D eigenvalue weighted by Crippen LogP contribution is 1.99. The van der Waals surface area contributed by atoms with Gasteiger partial charge in [-0.1, -0.05) is 27.7 Å². The van der Waals surface area contributed by atoms with Crippen LogP contribution in [0.5, 0.6) is 0 Å². The van der Waals surface area contributed by atoms with E-state index in [1.165, 1.54) is 24.6 Å². The van der Waals surface area contributed by atoms with Crippen molar-refractivity contribution in [1.82, 2.24) is 16.0 Å². The third kappa shape index (κ3) is 16.7. The van der Waals surface area contributed by atoms with Crippen LogP contribution in [0.3, 0.4) is 0 Å². The van der Waals surface area contributed by atoms with E-state index in [0.717, 1.165) is 26.2 Å². The smallest absolute Gasteiger partial charge is 0.00772 e. The largest absolute Gasteiger partial charge is 0.315 e. The molecule has 0 aromatic heterocycles. The van der Waals surface area contributed by atoms with Crippen LogP contribution in [-0.4, -0.2) is 50.8 Å². The van der Waals surface area contributed by atoms with Gasteiger partial charge in [0.1, 0.15) is 0 Å². The molecular formula is C12H31N3S. The maximum atomic E-state index is 3.26. The van der Waals surface area contributed by atoms with E-state index in [4.69, 9.17) is 0 Å². The number of piperazine rings is 1. The molecule has 0 bridgehead atoms. The molecule has 3 N–H and O–H groups in total. The van der Waals surface area contributed by atoms with Crippen molar-refractivity contribution in [3.63, 3.8) is 0 Å². The van der Waals surface area contributed by atoms with Crippen molar-refractivity contribution in [2.24, 2.45) is 0 Å². The lowest BCUT2D eigenvalue weighted by Gasteiger charge is -2.11. The summed E-state index contributed by atoms with van der Waals surface area (Å²) in [6, 6.07) is 0. The Hall–Kier alpha value is 0.230. The first-order valence-corrected chi connectivity index (χ1v) is 7.85. The van der Waals surface area contributed by atoms with Gasteiger partial charge >= 0.3 is 0 Å². The van der Waals surface area contributed by atoms with Crippen LogP contribution in [0.4, 0.5) is 0 Å². The van der Waals surface area contributed by atoms with Gasteiger partial charge in [-0.05, 0) is 0 Å². The molecule has 100 valence electrons. The maximum Gasteiger partial charge on any atom is 0.00772 e. The molecule has 0 radical (unpaired) electrons. The third-order valence-corrected chi connectivity index (χ3v) is 2.79. The fourth-order valence-corrected chi connectivity index (χ4v) is 1.90. The second-order valence-corrected chi connectivity index (χ2v) is 4.09. The van der Waals surface area contributed by atoms with Gasteiger partial charge in [0.2, 0.25) is 0 Å². The van der Waals surface area contributed by atoms with Gasteiger partial charge in [-0.25, -0.2) is 0 Å². The van der Waals surface area contributed by atoms with Gasteiger partial charge in [-0.15, -0.1) is 0 Å². The molecule has 2 saturated heterocycles. The Balaban J connectivity index is 0. The number of hydrogen-bond acceptors (Lipinski definition) is 4. The molecule has 0 aromatic rings. The van der Waals surface area contributed by atoms with Crippen LogP contribution in [0, 0.1) is 0 Å². The quantitative estimate of drug-likeness (QED) is 0.609. The van der Waals surface area contributed by atoms with Crippen LogP contribution in [-0.2, 0) is 0 Å². The molecular weight excluding hydrogens is 218 g/mol. The number of hydrogen-bond donors (Lipinski definition) is 3. The predicted molar refractivity (Wildman–Crippen MR) is 78.6 cm³/mol. The van der Waals surface area contributed by atoms with Gasteiger partial charge in [-0.3, -0.25) is 0 Å². The van der Waals surface area contributed by atoms with Gasteiger partial charge in [-0.2, -0.15) is 11.8 Å². The number of nitrogens with one attached hydrogen (secondary N) is 3. The molecule has 0 unspecified atom stereocenters. The van der Waals surface area contributed by atoms with Crippen LogP contribution in [0.25, 0.3) is 0 Å². The molecule has 2 fully saturated rings. The lowest BCUT2D eigenvalue weighted by Crippen LogP contribution is -2.39. The third-order valence-electron chi connectivity index (χ3n) is 1.80. The molecule has 2 rings (SSSR count). The molecule has 0 spiro atoms. The molecule has 0 aliphatic carbocycles. The Morgan fingerprint density at radius 2 is 0.875 bits per heavy atom. The zero-order chi connectivity index (χ0) is 12.5. The van der Waals surface area contributed by atoms with E-state index in [1.807, 2.05) is 39.5 Å². The van der Waals surface area contributed by atoms with E-state index in [1.54, 1.807) is 0 Å². The second kappa shape index (κ2) is 20.6. The summed E-state index contributed by atoms with van der Waals surface area (Å²) < 4.78 is 0. The molecule has 2 aliphatic rings. The van der Waals surface area contributed by atoms with E-state index in [-0.39, 0.29) is 0 Å². The fraction of sp³-hybridized carbons (Fsp3) is 1.00. The normalized spacial score (nSPS) is 18.8. The van der Waals surface area contributed by atoms with E-state index < -0.39 is 0 Å². The van der Waals surface area contributed by atoms with E-state index in [0.29, 0.717) is 0 Å². The highest BCUT2D eigenvalue weighted by molar-refractivity contribution is 7.99. The Labute approximate surface area is 107 Å². The van der Waals surface area contributed by atoms with Crippen molar-refractivity contribution in [2.75, 3.05) is 50.8 Å². The molecule has 0 amide bonds. The summed E-state index contributed by atoms with van der Waals surface area (Å²) in [5, 5.41) is 9.71. The van der Waals surface area contributed by atoms with Crippen LogP contribution in [0.2, 0.25) is 0 Å². The minimum atomic E-state index is 1.14. The summed E-state index contributed by atoms with van der Waals surface area (Å²) >= 11 is 2.03. The van der Waals surface area contributed by atoms with Crippen molar-refractivity contribution < 1.29 is 0 Å². The van der Waals surface area contributed by atoms with Crippen molar-refractivity contribution in [2.45, 2.75) is 27.7 Å². The maximum absolute atomic E-state index is 3.26. The number of rotatable bonds is 0. The van der Waals surface area contributed by atoms with Crippen molar-refractivity contribution in [3.05, 3.63) is 0 Å². The minimum absolute atomic E-state index is 1.14. The second-order valence-electron chi connectivity index (χ2n) is 2.86. The Morgan fingerprint density at radius 1 is 0.562 bits per heavy atom. The summed E-state index contributed by atoms with van der Waals surface area (Å²) in [6.45, 7) is 15.0. The first kappa shape index (κ1) is 18.6. The van der Waals surface area contributed by atoms with Crippen molar-refractivity contribution in [3.8, 4) is 0 Å². The van der Waals surface area contributed by atoms with Crippen LogP contribution >= 0.6 is 11.8 Å². The minimum Gasteiger partial charge on any atom is -0.315 e. The first-order chi connectivity index (χ1) is 8.00. The topological polar surface area (TPSA) is 36.1 Å². The Morgan fingerprint density at radius 3 is 1.00 bits per heavy atom. The average Bonchev–Trinajstić information content (AvgIpc) is 2.48. The average molecular weight is 249 g/mol. The lowest BCUT2D eigenvalue weighted by atomic mass is 10.4. The summed E-state index contributed by atoms with van der Waals surface area (Å²) in [6.07, 6.45) is 0. The van der Waals surface area contributed by atoms with E-state index in [2.05, 4.69) is 16.0 Å². The summed E-state index contributed by atoms with van der Waals surface area (Å²) in [5.41, 5.74) is 0. The molecule has 2 aliphatic heterocycles. The predicted octanol–water partition coefficient (Wildman–Crippen LogP) is 1.55. The number of thioether (sulfide) groups is 1. The van der Waals surface area contributed by atoms with Gasteiger partial charge in [0.15, 0.2) is 0 Å². The zero-order valence-electron chi connectivity index (χ0n) is 11.6. The Kier molecular flexibility index (Phi) is 24.0. The SMILES string of the molecule is C1CNCCN1.C1CSCCN1.CC.CC. The molecule has 16 heavy (non-hydrogen) atoms. The van der Waals surface area contributed by atoms with E-state index in [9.17, 15) is 0 Å². The van der Waals surface area contributed by atoms with Crippen LogP contribution < -0.4 is 16.0 Å². The summed E-state index contributed by atoms with van der Waals surface area (Å²) in [4.78, 5) is 0. The monoisotopic (exact) mass is 249 g/mol. The standard InChI is InChI=1S/C4H10N2.C4H9NS.2C2H6/c1-2-6-4-3-5-1;1-3-6-4-2-5-1;2*1-2/h5-6H,1-4H2;5H,1-4H2;2*1-2H3. The van der Waals surface area contributed by atoms with Crippen molar-refractivity contribution >= 4 is 11.8 Å². The molecule has 3 nitrogen and oxygen atoms in total. The van der Waals surface area contributed by atoms with Crippen molar-refractivity contribution in [1.29, 1.82) is 0 Å². The lowest BCUT2D eigenvalue weighted by molar-refractivity contribution is 0.534. The molecule has 0 aromatic carbocycles. The fourth-order valence-electron chi connectivity index (χ4n) is 1.12. The van der Waals surface area contributed by atoms with Gasteiger partial charge < -0.3 is 16.0 Å². The highest BCUT2D eigenvalue weighted by Gasteiger charge is 1.93. The molecule has 4 heteroatoms. The van der Waals surface area contributed by atoms with Crippen LogP contribution in [0.1, 0.15) is 27.7 Å². The zero-order valence-corrected chi connectivity index (χ0v) is 12.4. The molecule has 0 atom stereocenters. The molecule has 2 heterocycles. The summed E-state index contributed by atoms with van der Waals surface area (Å²) in [5.74, 6) is 2.61. The van der Waals surface area contributed by atoms with E-state index >= 15 is 0 Å². The molecule has 0 saturated carbocycles. The van der Waals surface area contributed by atoms with Gasteiger partial charge in [0, 0.05) is 50.8 Å². The van der Waals surface area contributed by atoms with Gasteiger partial charge in [0.25, 0.3) is 0 Å². The van der Waals surface area contributed by atoms with Gasteiger partial charge in [0.05, 0.1) is 0 Å². The summed E-state index contributed by atoms with van der Waals surface area (Å²) in [7, 11) is 0. The first-order valence-electron chi connectivity index (χ1n) is 6.70. The van der Waals surface area contributed by atoms with Crippen LogP contribution in [0.15, 0.2) is 0 Å². The Bertz CT molecular complexity index is 59.2.